The molecule has 0 saturated heterocycles. The Kier molecular flexibility index (Phi) is 8.33. The molecule has 0 radical (unpaired) electrons. The van der Waals surface area contributed by atoms with Crippen LogP contribution in [0.2, 0.25) is 0 Å². The average Bonchev–Trinajstić information content (AvgIpc) is 3.24. The van der Waals surface area contributed by atoms with Gasteiger partial charge in [0.25, 0.3) is 11.8 Å². The third-order valence-electron chi connectivity index (χ3n) is 5.09. The second kappa shape index (κ2) is 11.4. The molecule has 1 aromatic heterocycles. The summed E-state index contributed by atoms with van der Waals surface area (Å²) in [6.07, 6.45) is 0. The Balaban J connectivity index is 2.14. The molecule has 3 aromatic rings. The predicted octanol–water partition coefficient (Wildman–Crippen LogP) is 2.34. The molecule has 0 aliphatic heterocycles. The smallest absolute Gasteiger partial charge is 0.325 e. The van der Waals surface area contributed by atoms with Crippen LogP contribution < -0.4 is 21.7 Å². The van der Waals surface area contributed by atoms with Gasteiger partial charge in [-0.3, -0.25) is 24.1 Å². The maximum atomic E-state index is 13.8. The molecule has 36 heavy (non-hydrogen) atoms. The highest BCUT2D eigenvalue weighted by atomic mass is 32.1. The summed E-state index contributed by atoms with van der Waals surface area (Å²) in [4.78, 5) is 51.8. The Hall–Kier alpha value is -4.32. The number of carbonyl (C=O) groups excluding carboxylic acids is 4. The summed E-state index contributed by atoms with van der Waals surface area (Å²) in [5.41, 5.74) is 12.3. The molecule has 0 unspecified atom stereocenters. The first-order chi connectivity index (χ1) is 17.1. The zero-order chi connectivity index (χ0) is 26.4. The van der Waals surface area contributed by atoms with E-state index in [-0.39, 0.29) is 28.4 Å². The number of ether oxygens (including phenoxy) is 1. The normalized spacial score (nSPS) is 11.4. The summed E-state index contributed by atoms with van der Waals surface area (Å²) in [5.74, 6) is -3.61. The van der Waals surface area contributed by atoms with Gasteiger partial charge in [-0.15, -0.1) is 0 Å². The molecular formula is C24H24FN5O5S. The second-order valence-corrected chi connectivity index (χ2v) is 8.40. The molecule has 188 valence electrons. The number of carbonyl (C=O) groups is 4. The van der Waals surface area contributed by atoms with E-state index in [1.807, 2.05) is 6.92 Å². The van der Waals surface area contributed by atoms with Gasteiger partial charge in [0, 0.05) is 5.69 Å². The van der Waals surface area contributed by atoms with Crippen LogP contribution in [-0.2, 0) is 14.3 Å². The second-order valence-electron chi connectivity index (χ2n) is 7.63. The van der Waals surface area contributed by atoms with E-state index in [0.717, 1.165) is 22.6 Å². The number of rotatable bonds is 9. The van der Waals surface area contributed by atoms with Crippen molar-refractivity contribution in [1.82, 2.24) is 9.69 Å². The number of aromatic nitrogens is 1. The first kappa shape index (κ1) is 26.3. The lowest BCUT2D eigenvalue weighted by atomic mass is 10.0. The summed E-state index contributed by atoms with van der Waals surface area (Å²) in [5, 5.41) is 2.47. The molecule has 3 amide bonds. The molecule has 5 N–H and O–H groups in total. The number of nitrogens with one attached hydrogen (secondary N) is 1. The van der Waals surface area contributed by atoms with E-state index in [9.17, 15) is 23.6 Å². The highest BCUT2D eigenvalue weighted by Gasteiger charge is 2.36. The van der Waals surface area contributed by atoms with Crippen molar-refractivity contribution < 1.29 is 28.3 Å². The number of hydrogen-bond acceptors (Lipinski definition) is 8. The maximum absolute atomic E-state index is 13.8. The summed E-state index contributed by atoms with van der Waals surface area (Å²) >= 11 is 0.657. The number of aryl methyl sites for hydroxylation is 1. The number of esters is 1. The zero-order valence-corrected chi connectivity index (χ0v) is 20.3. The van der Waals surface area contributed by atoms with Gasteiger partial charge in [-0.05, 0) is 55.2 Å². The van der Waals surface area contributed by atoms with Crippen LogP contribution in [0.3, 0.4) is 0 Å². The molecule has 2 aromatic carbocycles. The number of primary amides is 1. The van der Waals surface area contributed by atoms with Gasteiger partial charge in [0.2, 0.25) is 5.91 Å². The van der Waals surface area contributed by atoms with Gasteiger partial charge < -0.3 is 21.5 Å². The molecule has 10 nitrogen and oxygen atoms in total. The van der Waals surface area contributed by atoms with Gasteiger partial charge in [0.1, 0.15) is 23.3 Å². The summed E-state index contributed by atoms with van der Waals surface area (Å²) in [6.45, 7) is 3.14. The Morgan fingerprint density at radius 2 is 1.75 bits per heavy atom. The number of amides is 3. The molecule has 0 aliphatic rings. The zero-order valence-electron chi connectivity index (χ0n) is 19.5. The van der Waals surface area contributed by atoms with Crippen molar-refractivity contribution in [1.29, 1.82) is 0 Å². The molecule has 0 spiro atoms. The number of hydrogen-bond donors (Lipinski definition) is 3. The molecule has 0 fully saturated rings. The van der Waals surface area contributed by atoms with Crippen molar-refractivity contribution in [3.8, 4) is 0 Å². The lowest BCUT2D eigenvalue weighted by Gasteiger charge is -2.31. The van der Waals surface area contributed by atoms with Crippen LogP contribution in [0, 0.1) is 12.7 Å². The molecule has 0 saturated carbocycles. The third-order valence-corrected chi connectivity index (χ3v) is 5.94. The fourth-order valence-electron chi connectivity index (χ4n) is 3.36. The number of nitrogens with zero attached hydrogens (tertiary/aromatic N) is 2. The first-order valence-electron chi connectivity index (χ1n) is 10.8. The van der Waals surface area contributed by atoms with Crippen molar-refractivity contribution in [2.24, 2.45) is 5.73 Å². The number of benzene rings is 2. The van der Waals surface area contributed by atoms with E-state index in [2.05, 4.69) is 9.69 Å². The van der Waals surface area contributed by atoms with Gasteiger partial charge >= 0.3 is 5.97 Å². The maximum Gasteiger partial charge on any atom is 0.325 e. The molecule has 1 heterocycles. The predicted molar refractivity (Wildman–Crippen MR) is 132 cm³/mol. The molecule has 0 bridgehead atoms. The van der Waals surface area contributed by atoms with Crippen molar-refractivity contribution in [2.75, 3.05) is 23.8 Å². The number of nitrogens with two attached hydrogens (primary N) is 2. The SMILES string of the molecule is CCOC(=O)CNC(=O)[C@@H](c1ccc(F)cc1)N(C(=O)c1snc(C(N)=O)c1N)c1ccc(C)cc1. The van der Waals surface area contributed by atoms with Crippen LogP contribution in [0.1, 0.15) is 44.3 Å². The van der Waals surface area contributed by atoms with Crippen LogP contribution in [0.15, 0.2) is 48.5 Å². The minimum atomic E-state index is -1.35. The average molecular weight is 514 g/mol. The number of anilines is 2. The minimum absolute atomic E-state index is 0.116. The van der Waals surface area contributed by atoms with E-state index in [0.29, 0.717) is 17.2 Å². The fourth-order valence-corrected chi connectivity index (χ4v) is 4.10. The lowest BCUT2D eigenvalue weighted by Crippen LogP contribution is -2.45. The molecule has 12 heteroatoms. The summed E-state index contributed by atoms with van der Waals surface area (Å²) in [6, 6.07) is 10.3. The topological polar surface area (TPSA) is 158 Å². The Labute approximate surface area is 210 Å². The van der Waals surface area contributed by atoms with E-state index in [1.165, 1.54) is 12.1 Å². The molecule has 3 rings (SSSR count). The van der Waals surface area contributed by atoms with Crippen LogP contribution in [0.4, 0.5) is 15.8 Å². The van der Waals surface area contributed by atoms with Crippen LogP contribution in [0.25, 0.3) is 0 Å². The minimum Gasteiger partial charge on any atom is -0.465 e. The Bertz CT molecular complexity index is 1280. The van der Waals surface area contributed by atoms with Crippen LogP contribution in [0.5, 0.6) is 0 Å². The Morgan fingerprint density at radius 3 is 2.31 bits per heavy atom. The summed E-state index contributed by atoms with van der Waals surface area (Å²) in [7, 11) is 0. The monoisotopic (exact) mass is 513 g/mol. The van der Waals surface area contributed by atoms with E-state index in [4.69, 9.17) is 16.2 Å². The first-order valence-corrected chi connectivity index (χ1v) is 11.5. The van der Waals surface area contributed by atoms with Crippen molar-refractivity contribution in [2.45, 2.75) is 19.9 Å². The van der Waals surface area contributed by atoms with Gasteiger partial charge in [-0.1, -0.05) is 29.8 Å². The van der Waals surface area contributed by atoms with Crippen LogP contribution in [-0.4, -0.2) is 41.2 Å². The van der Waals surface area contributed by atoms with Gasteiger partial charge in [0.05, 0.1) is 12.3 Å². The molecule has 1 atom stereocenters. The quantitative estimate of drug-likeness (QED) is 0.371. The standard InChI is InChI=1S/C24H24FN5O5S/c1-3-35-17(31)12-28-23(33)20(14-6-8-15(25)9-7-14)30(16-10-4-13(2)5-11-16)24(34)21-18(26)19(22(27)32)29-36-21/h4-11,20H,3,12,26H2,1-2H3,(H2,27,32)(H,28,33)/t20-/m1/s1. The van der Waals surface area contributed by atoms with Crippen LogP contribution >= 0.6 is 11.5 Å². The highest BCUT2D eigenvalue weighted by molar-refractivity contribution is 7.09. The van der Waals surface area contributed by atoms with Crippen molar-refractivity contribution >= 4 is 46.6 Å². The third kappa shape index (κ3) is 5.84. The van der Waals surface area contributed by atoms with Gasteiger partial charge in [0.15, 0.2) is 5.69 Å². The lowest BCUT2D eigenvalue weighted by molar-refractivity contribution is -0.143. The number of nitrogen functional groups attached to an aromatic ring is 1. The summed E-state index contributed by atoms with van der Waals surface area (Å²) < 4.78 is 22.4. The Morgan fingerprint density at radius 1 is 1.11 bits per heavy atom. The fraction of sp³-hybridized carbons (Fsp3) is 0.208. The molecular weight excluding hydrogens is 489 g/mol. The van der Waals surface area contributed by atoms with Crippen molar-refractivity contribution in [3.05, 3.63) is 76.0 Å². The van der Waals surface area contributed by atoms with Gasteiger partial charge in [-0.25, -0.2) is 4.39 Å². The van der Waals surface area contributed by atoms with E-state index >= 15 is 0 Å². The molecule has 0 aliphatic carbocycles. The van der Waals surface area contributed by atoms with Gasteiger partial charge in [-0.2, -0.15) is 4.37 Å². The van der Waals surface area contributed by atoms with E-state index in [1.54, 1.807) is 31.2 Å². The van der Waals surface area contributed by atoms with E-state index < -0.39 is 42.1 Å². The number of halogens is 1. The largest absolute Gasteiger partial charge is 0.465 e. The highest BCUT2D eigenvalue weighted by Crippen LogP contribution is 2.33. The van der Waals surface area contributed by atoms with Crippen molar-refractivity contribution in [3.63, 3.8) is 0 Å².